The van der Waals surface area contributed by atoms with Crippen LogP contribution in [0.15, 0.2) is 70.3 Å². The van der Waals surface area contributed by atoms with E-state index in [0.717, 1.165) is 16.6 Å². The lowest BCUT2D eigenvalue weighted by atomic mass is 10.2. The molecule has 0 aliphatic carbocycles. The highest BCUT2D eigenvalue weighted by Crippen LogP contribution is 2.27. The molecule has 142 valence electrons. The van der Waals surface area contributed by atoms with Crippen LogP contribution in [0.4, 0.5) is 11.6 Å². The van der Waals surface area contributed by atoms with Crippen molar-refractivity contribution in [2.45, 2.75) is 11.8 Å². The van der Waals surface area contributed by atoms with Crippen molar-refractivity contribution in [1.82, 2.24) is 13.9 Å². The van der Waals surface area contributed by atoms with Gasteiger partial charge >= 0.3 is 0 Å². The van der Waals surface area contributed by atoms with Gasteiger partial charge in [-0.2, -0.15) is 4.98 Å². The van der Waals surface area contributed by atoms with Crippen LogP contribution in [-0.4, -0.2) is 22.4 Å². The Bertz CT molecular complexity index is 1290. The minimum absolute atomic E-state index is 0.246. The highest BCUT2D eigenvalue weighted by atomic mass is 79.9. The molecule has 0 unspecified atom stereocenters. The topological polar surface area (TPSA) is 76.9 Å². The second-order valence-corrected chi connectivity index (χ2v) is 9.19. The number of halogens is 2. The first-order chi connectivity index (χ1) is 13.3. The Balaban J connectivity index is 1.70. The van der Waals surface area contributed by atoms with Crippen LogP contribution >= 0.6 is 27.5 Å². The Labute approximate surface area is 175 Å². The molecule has 4 aromatic rings. The Kier molecular flexibility index (Phi) is 4.86. The van der Waals surface area contributed by atoms with Gasteiger partial charge in [0.1, 0.15) is 5.15 Å². The zero-order valence-corrected chi connectivity index (χ0v) is 17.8. The third-order valence-corrected chi connectivity index (χ3v) is 6.99. The van der Waals surface area contributed by atoms with Gasteiger partial charge in [0.15, 0.2) is 0 Å². The van der Waals surface area contributed by atoms with Gasteiger partial charge in [-0.3, -0.25) is 0 Å². The van der Waals surface area contributed by atoms with Crippen molar-refractivity contribution >= 4 is 60.1 Å². The van der Waals surface area contributed by atoms with Gasteiger partial charge in [-0.05, 0) is 59.3 Å². The predicted molar refractivity (Wildman–Crippen MR) is 114 cm³/mol. The summed E-state index contributed by atoms with van der Waals surface area (Å²) in [6.45, 7) is 1.91. The average Bonchev–Trinajstić information content (AvgIpc) is 3.09. The standard InChI is InChI=1S/C19H14BrClN4O2S/c1-12-2-5-15(6-3-12)28(26,27)25-9-8-13-10-14(4-7-17(13)25)23-19-22-11-16(20)18(21)24-19/h2-11H,1H3,(H,22,23,24). The largest absolute Gasteiger partial charge is 0.324 e. The van der Waals surface area contributed by atoms with Gasteiger partial charge in [-0.25, -0.2) is 17.4 Å². The second kappa shape index (κ2) is 7.20. The number of anilines is 2. The number of hydrogen-bond acceptors (Lipinski definition) is 5. The number of nitrogens with one attached hydrogen (secondary N) is 1. The summed E-state index contributed by atoms with van der Waals surface area (Å²) in [6, 6.07) is 13.9. The number of fused-ring (bicyclic) bond motifs is 1. The Morgan fingerprint density at radius 3 is 2.57 bits per heavy atom. The first kappa shape index (κ1) is 18.9. The molecule has 1 N–H and O–H groups in total. The summed E-state index contributed by atoms with van der Waals surface area (Å²) in [7, 11) is -3.67. The van der Waals surface area contributed by atoms with Crippen molar-refractivity contribution < 1.29 is 8.42 Å². The summed E-state index contributed by atoms with van der Waals surface area (Å²) in [4.78, 5) is 8.53. The van der Waals surface area contributed by atoms with Gasteiger partial charge in [-0.15, -0.1) is 0 Å². The minimum atomic E-state index is -3.67. The van der Waals surface area contributed by atoms with Gasteiger partial charge in [0.2, 0.25) is 5.95 Å². The molecular formula is C19H14BrClN4O2S. The Morgan fingerprint density at radius 1 is 1.11 bits per heavy atom. The van der Waals surface area contributed by atoms with Crippen LogP contribution in [0.25, 0.3) is 10.9 Å². The molecule has 0 aliphatic rings. The van der Waals surface area contributed by atoms with Crippen molar-refractivity contribution in [3.05, 3.63) is 76.1 Å². The highest BCUT2D eigenvalue weighted by Gasteiger charge is 2.18. The number of nitrogens with zero attached hydrogens (tertiary/aromatic N) is 3. The lowest BCUT2D eigenvalue weighted by Crippen LogP contribution is -2.11. The zero-order valence-electron chi connectivity index (χ0n) is 14.6. The number of benzene rings is 2. The second-order valence-electron chi connectivity index (χ2n) is 6.16. The van der Waals surface area contributed by atoms with Crippen LogP contribution in [0.3, 0.4) is 0 Å². The summed E-state index contributed by atoms with van der Waals surface area (Å²) in [5.41, 5.74) is 2.31. The molecule has 2 aromatic heterocycles. The molecule has 9 heteroatoms. The van der Waals surface area contributed by atoms with Crippen LogP contribution in [-0.2, 0) is 10.0 Å². The SMILES string of the molecule is Cc1ccc(S(=O)(=O)n2ccc3cc(Nc4ncc(Br)c(Cl)n4)ccc32)cc1. The van der Waals surface area contributed by atoms with Gasteiger partial charge in [0.05, 0.1) is 14.9 Å². The Morgan fingerprint density at radius 2 is 1.86 bits per heavy atom. The molecule has 2 aromatic carbocycles. The van der Waals surface area contributed by atoms with E-state index in [4.69, 9.17) is 11.6 Å². The molecule has 0 aliphatic heterocycles. The third kappa shape index (κ3) is 3.50. The summed E-state index contributed by atoms with van der Waals surface area (Å²) in [5.74, 6) is 0.347. The fourth-order valence-electron chi connectivity index (χ4n) is 2.76. The lowest BCUT2D eigenvalue weighted by Gasteiger charge is -2.09. The third-order valence-electron chi connectivity index (χ3n) is 4.19. The first-order valence-electron chi connectivity index (χ1n) is 8.23. The van der Waals surface area contributed by atoms with Crippen LogP contribution in [0.1, 0.15) is 5.56 Å². The van der Waals surface area contributed by atoms with Crippen LogP contribution < -0.4 is 5.32 Å². The summed E-state index contributed by atoms with van der Waals surface area (Å²) >= 11 is 9.24. The molecule has 0 saturated carbocycles. The van der Waals surface area contributed by atoms with E-state index in [1.165, 1.54) is 3.97 Å². The number of aryl methyl sites for hydroxylation is 1. The number of hydrogen-bond donors (Lipinski definition) is 1. The molecular weight excluding hydrogens is 464 g/mol. The van der Waals surface area contributed by atoms with E-state index in [1.54, 1.807) is 54.9 Å². The van der Waals surface area contributed by atoms with Crippen LogP contribution in [0.2, 0.25) is 5.15 Å². The normalized spacial score (nSPS) is 11.7. The average molecular weight is 478 g/mol. The fraction of sp³-hybridized carbons (Fsp3) is 0.0526. The molecule has 4 rings (SSSR count). The lowest BCUT2D eigenvalue weighted by molar-refractivity contribution is 0.589. The van der Waals surface area contributed by atoms with E-state index in [9.17, 15) is 8.42 Å². The van der Waals surface area contributed by atoms with Crippen molar-refractivity contribution in [2.24, 2.45) is 0 Å². The van der Waals surface area contributed by atoms with E-state index < -0.39 is 10.0 Å². The van der Waals surface area contributed by atoms with E-state index in [0.29, 0.717) is 21.1 Å². The molecule has 0 atom stereocenters. The summed E-state index contributed by atoms with van der Waals surface area (Å²) in [6.07, 6.45) is 3.11. The molecule has 28 heavy (non-hydrogen) atoms. The smallest absolute Gasteiger partial charge is 0.268 e. The molecule has 0 saturated heterocycles. The highest BCUT2D eigenvalue weighted by molar-refractivity contribution is 9.10. The van der Waals surface area contributed by atoms with E-state index >= 15 is 0 Å². The van der Waals surface area contributed by atoms with E-state index in [2.05, 4.69) is 31.2 Å². The van der Waals surface area contributed by atoms with E-state index in [1.807, 2.05) is 13.0 Å². The maximum Gasteiger partial charge on any atom is 0.268 e. The van der Waals surface area contributed by atoms with Crippen molar-refractivity contribution in [1.29, 1.82) is 0 Å². The van der Waals surface area contributed by atoms with Gasteiger partial charge in [-0.1, -0.05) is 29.3 Å². The van der Waals surface area contributed by atoms with Crippen LogP contribution in [0.5, 0.6) is 0 Å². The predicted octanol–water partition coefficient (Wildman–Crippen LogP) is 5.14. The molecule has 6 nitrogen and oxygen atoms in total. The maximum atomic E-state index is 13.0. The van der Waals surface area contributed by atoms with Gasteiger partial charge < -0.3 is 5.32 Å². The molecule has 0 bridgehead atoms. The molecule has 2 heterocycles. The minimum Gasteiger partial charge on any atom is -0.324 e. The van der Waals surface area contributed by atoms with Crippen molar-refractivity contribution in [2.75, 3.05) is 5.32 Å². The summed E-state index contributed by atoms with van der Waals surface area (Å²) < 4.78 is 27.8. The van der Waals surface area contributed by atoms with Crippen molar-refractivity contribution in [3.8, 4) is 0 Å². The first-order valence-corrected chi connectivity index (χ1v) is 10.8. The van der Waals surface area contributed by atoms with Crippen LogP contribution in [0, 0.1) is 6.92 Å². The van der Waals surface area contributed by atoms with Gasteiger partial charge in [0, 0.05) is 23.5 Å². The monoisotopic (exact) mass is 476 g/mol. The number of rotatable bonds is 4. The Hall–Kier alpha value is -2.42. The van der Waals surface area contributed by atoms with E-state index in [-0.39, 0.29) is 4.90 Å². The molecule has 0 amide bonds. The molecule has 0 spiro atoms. The molecule has 0 radical (unpaired) electrons. The quantitative estimate of drug-likeness (QED) is 0.412. The molecule has 0 fully saturated rings. The summed E-state index contributed by atoms with van der Waals surface area (Å²) in [5, 5.41) is 4.13. The van der Waals surface area contributed by atoms with Crippen molar-refractivity contribution in [3.63, 3.8) is 0 Å². The number of aromatic nitrogens is 3. The maximum absolute atomic E-state index is 13.0. The fourth-order valence-corrected chi connectivity index (χ4v) is 4.44. The van der Waals surface area contributed by atoms with Gasteiger partial charge in [0.25, 0.3) is 10.0 Å². The zero-order chi connectivity index (χ0) is 19.9.